The molecule has 1 N–H and O–H groups in total. The number of carbonyl (C=O) groups is 2. The Morgan fingerprint density at radius 1 is 1.09 bits per heavy atom. The predicted molar refractivity (Wildman–Crippen MR) is 137 cm³/mol. The number of benzene rings is 2. The van der Waals surface area contributed by atoms with E-state index in [1.54, 1.807) is 11.8 Å². The predicted octanol–water partition coefficient (Wildman–Crippen LogP) is 5.95. The first-order valence-corrected chi connectivity index (χ1v) is 13.1. The minimum atomic E-state index is -0.0416. The van der Waals surface area contributed by atoms with Crippen LogP contribution in [0.5, 0.6) is 0 Å². The van der Waals surface area contributed by atoms with E-state index in [1.165, 1.54) is 24.0 Å². The van der Waals surface area contributed by atoms with Crippen molar-refractivity contribution >= 4 is 29.7 Å². The van der Waals surface area contributed by atoms with E-state index in [0.717, 1.165) is 36.2 Å². The summed E-state index contributed by atoms with van der Waals surface area (Å²) >= 11 is 1.75. The van der Waals surface area contributed by atoms with Gasteiger partial charge in [-0.15, -0.1) is 11.8 Å². The fourth-order valence-corrected chi connectivity index (χ4v) is 6.09. The van der Waals surface area contributed by atoms with E-state index >= 15 is 0 Å². The van der Waals surface area contributed by atoms with Crippen molar-refractivity contribution in [3.05, 3.63) is 75.7 Å². The standard InChI is InChI=1S/C28H34N2O2S/c1-3-4-17-29-27(31)23-15-13-21(14-16-23)18-26-28(32)30(19-22-11-9-20(2)10-12-22)24-7-5-6-8-25(24)33-26/h9-16,18,24-25H,3-8,17,19H2,1-2H3,(H,29,31)/b26-18+. The lowest BCUT2D eigenvalue weighted by Gasteiger charge is -2.44. The number of fused-ring (bicyclic) bond motifs is 1. The van der Waals surface area contributed by atoms with Crippen molar-refractivity contribution in [2.24, 2.45) is 0 Å². The molecule has 2 fully saturated rings. The highest BCUT2D eigenvalue weighted by Crippen LogP contribution is 2.42. The van der Waals surface area contributed by atoms with E-state index in [9.17, 15) is 9.59 Å². The van der Waals surface area contributed by atoms with Crippen molar-refractivity contribution in [3.63, 3.8) is 0 Å². The zero-order valence-corrected chi connectivity index (χ0v) is 20.5. The molecule has 33 heavy (non-hydrogen) atoms. The smallest absolute Gasteiger partial charge is 0.260 e. The first-order chi connectivity index (χ1) is 16.0. The van der Waals surface area contributed by atoms with Crippen LogP contribution in [-0.2, 0) is 11.3 Å². The van der Waals surface area contributed by atoms with Gasteiger partial charge >= 0.3 is 0 Å². The molecule has 2 unspecified atom stereocenters. The third kappa shape index (κ3) is 5.89. The van der Waals surface area contributed by atoms with Gasteiger partial charge in [-0.2, -0.15) is 0 Å². The summed E-state index contributed by atoms with van der Waals surface area (Å²) in [5.74, 6) is 0.0881. The molecule has 0 radical (unpaired) electrons. The van der Waals surface area contributed by atoms with E-state index in [0.29, 0.717) is 29.9 Å². The average molecular weight is 463 g/mol. The van der Waals surface area contributed by atoms with E-state index in [-0.39, 0.29) is 11.8 Å². The van der Waals surface area contributed by atoms with Gasteiger partial charge in [-0.1, -0.05) is 68.1 Å². The molecule has 2 aromatic rings. The van der Waals surface area contributed by atoms with E-state index in [4.69, 9.17) is 0 Å². The van der Waals surface area contributed by atoms with Crippen LogP contribution in [0.25, 0.3) is 6.08 Å². The molecule has 5 heteroatoms. The summed E-state index contributed by atoms with van der Waals surface area (Å²) in [6, 6.07) is 16.4. The molecule has 0 aromatic heterocycles. The summed E-state index contributed by atoms with van der Waals surface area (Å²) in [4.78, 5) is 28.7. The number of nitrogens with one attached hydrogen (secondary N) is 1. The molecule has 174 valence electrons. The molecule has 1 heterocycles. The van der Waals surface area contributed by atoms with Gasteiger partial charge in [0.05, 0.1) is 4.91 Å². The summed E-state index contributed by atoms with van der Waals surface area (Å²) in [7, 11) is 0. The van der Waals surface area contributed by atoms with Gasteiger partial charge in [0, 0.05) is 29.9 Å². The Hall–Kier alpha value is -2.53. The number of nitrogens with zero attached hydrogens (tertiary/aromatic N) is 1. The van der Waals surface area contributed by atoms with Gasteiger partial charge in [0.1, 0.15) is 0 Å². The van der Waals surface area contributed by atoms with Gasteiger partial charge in [0.25, 0.3) is 11.8 Å². The van der Waals surface area contributed by atoms with Crippen molar-refractivity contribution in [1.82, 2.24) is 10.2 Å². The third-order valence-electron chi connectivity index (χ3n) is 6.58. The van der Waals surface area contributed by atoms with E-state index in [2.05, 4.69) is 48.3 Å². The normalized spacial score (nSPS) is 21.7. The highest BCUT2D eigenvalue weighted by atomic mass is 32.2. The van der Waals surface area contributed by atoms with Crippen LogP contribution in [0.3, 0.4) is 0 Å². The van der Waals surface area contributed by atoms with Crippen LogP contribution in [0, 0.1) is 6.92 Å². The molecular weight excluding hydrogens is 428 g/mol. The Labute approximate surface area is 201 Å². The van der Waals surface area contributed by atoms with Crippen LogP contribution in [0.2, 0.25) is 0 Å². The van der Waals surface area contributed by atoms with Crippen LogP contribution < -0.4 is 5.32 Å². The van der Waals surface area contributed by atoms with Crippen LogP contribution >= 0.6 is 11.8 Å². The van der Waals surface area contributed by atoms with Crippen molar-refractivity contribution in [1.29, 1.82) is 0 Å². The fraction of sp³-hybridized carbons (Fsp3) is 0.429. The number of aryl methyl sites for hydroxylation is 1. The number of amides is 2. The van der Waals surface area contributed by atoms with Crippen LogP contribution in [-0.4, -0.2) is 34.6 Å². The molecule has 2 aliphatic rings. The molecule has 0 spiro atoms. The van der Waals surface area contributed by atoms with Crippen LogP contribution in [0.15, 0.2) is 53.4 Å². The first kappa shape index (κ1) is 23.6. The zero-order chi connectivity index (χ0) is 23.2. The van der Waals surface area contributed by atoms with Crippen LogP contribution in [0.1, 0.15) is 72.5 Å². The molecule has 0 bridgehead atoms. The number of carbonyl (C=O) groups excluding carboxylic acids is 2. The molecule has 1 saturated heterocycles. The third-order valence-corrected chi connectivity index (χ3v) is 7.98. The second-order valence-corrected chi connectivity index (χ2v) is 10.4. The van der Waals surface area contributed by atoms with Crippen molar-refractivity contribution in [2.75, 3.05) is 6.54 Å². The van der Waals surface area contributed by atoms with Gasteiger partial charge in [-0.25, -0.2) is 0 Å². The fourth-order valence-electron chi connectivity index (χ4n) is 4.61. The number of hydrogen-bond donors (Lipinski definition) is 1. The zero-order valence-electron chi connectivity index (χ0n) is 19.7. The van der Waals surface area contributed by atoms with E-state index in [1.807, 2.05) is 30.3 Å². The summed E-state index contributed by atoms with van der Waals surface area (Å²) < 4.78 is 0. The summed E-state index contributed by atoms with van der Waals surface area (Å²) in [6.45, 7) is 5.56. The van der Waals surface area contributed by atoms with E-state index < -0.39 is 0 Å². The van der Waals surface area contributed by atoms with Crippen LogP contribution in [0.4, 0.5) is 0 Å². The topological polar surface area (TPSA) is 49.4 Å². The molecule has 4 rings (SSSR count). The second kappa shape index (κ2) is 11.1. The molecule has 2 atom stereocenters. The molecule has 1 aliphatic carbocycles. The Morgan fingerprint density at radius 3 is 2.55 bits per heavy atom. The molecule has 1 saturated carbocycles. The van der Waals surface area contributed by atoms with Crippen molar-refractivity contribution in [3.8, 4) is 0 Å². The summed E-state index contributed by atoms with van der Waals surface area (Å²) in [6.07, 6.45) is 8.71. The molecule has 2 aromatic carbocycles. The molecule has 1 aliphatic heterocycles. The Bertz CT molecular complexity index is 998. The number of thioether (sulfide) groups is 1. The maximum atomic E-state index is 13.6. The van der Waals surface area contributed by atoms with Crippen molar-refractivity contribution in [2.45, 2.75) is 70.2 Å². The molecular formula is C28H34N2O2S. The first-order valence-electron chi connectivity index (χ1n) is 12.2. The molecule has 4 nitrogen and oxygen atoms in total. The number of rotatable bonds is 7. The monoisotopic (exact) mass is 462 g/mol. The molecule has 2 amide bonds. The second-order valence-electron chi connectivity index (χ2n) is 9.17. The maximum Gasteiger partial charge on any atom is 0.260 e. The minimum absolute atomic E-state index is 0.0416. The van der Waals surface area contributed by atoms with Gasteiger partial charge in [-0.05, 0) is 55.5 Å². The Morgan fingerprint density at radius 2 is 1.82 bits per heavy atom. The quantitative estimate of drug-likeness (QED) is 0.408. The number of hydrogen-bond acceptors (Lipinski definition) is 3. The summed E-state index contributed by atoms with van der Waals surface area (Å²) in [5, 5.41) is 3.41. The largest absolute Gasteiger partial charge is 0.352 e. The number of unbranched alkanes of at least 4 members (excludes halogenated alkanes) is 1. The van der Waals surface area contributed by atoms with Gasteiger partial charge in [-0.3, -0.25) is 9.59 Å². The van der Waals surface area contributed by atoms with Gasteiger partial charge < -0.3 is 10.2 Å². The average Bonchev–Trinajstić information content (AvgIpc) is 2.83. The van der Waals surface area contributed by atoms with Gasteiger partial charge in [0.2, 0.25) is 0 Å². The highest BCUT2D eigenvalue weighted by Gasteiger charge is 2.40. The minimum Gasteiger partial charge on any atom is -0.352 e. The van der Waals surface area contributed by atoms with Crippen molar-refractivity contribution < 1.29 is 9.59 Å². The Kier molecular flexibility index (Phi) is 7.92. The SMILES string of the molecule is CCCCNC(=O)c1ccc(/C=C2/SC3CCCCC3N(Cc3ccc(C)cc3)C2=O)cc1. The lowest BCUT2D eigenvalue weighted by atomic mass is 9.92. The lowest BCUT2D eigenvalue weighted by Crippen LogP contribution is -2.50. The maximum absolute atomic E-state index is 13.6. The summed E-state index contributed by atoms with van der Waals surface area (Å²) in [5.41, 5.74) is 4.03. The van der Waals surface area contributed by atoms with Gasteiger partial charge in [0.15, 0.2) is 0 Å². The lowest BCUT2D eigenvalue weighted by molar-refractivity contribution is -0.130. The highest BCUT2D eigenvalue weighted by molar-refractivity contribution is 8.04. The Balaban J connectivity index is 1.52.